The van der Waals surface area contributed by atoms with Crippen molar-refractivity contribution >= 4 is 86.7 Å². The number of hydrogen-bond acceptors (Lipinski definition) is 14. The van der Waals surface area contributed by atoms with Gasteiger partial charge in [-0.15, -0.1) is 0 Å². The lowest BCUT2D eigenvalue weighted by Gasteiger charge is -2.30. The molecule has 0 unspecified atom stereocenters. The van der Waals surface area contributed by atoms with Crippen LogP contribution in [0.25, 0.3) is 0 Å². The summed E-state index contributed by atoms with van der Waals surface area (Å²) in [6.07, 6.45) is -4.87. The van der Waals surface area contributed by atoms with Crippen molar-refractivity contribution < 1.29 is 71.3 Å². The van der Waals surface area contributed by atoms with E-state index in [9.17, 15) is 61.4 Å². The van der Waals surface area contributed by atoms with E-state index in [-0.39, 0.29) is 87.7 Å². The van der Waals surface area contributed by atoms with Crippen LogP contribution in [0, 0.1) is 0 Å². The molecule has 16 N–H and O–H groups in total. The van der Waals surface area contributed by atoms with Gasteiger partial charge in [-0.3, -0.25) is 48.1 Å². The number of carboxylic acid groups (broad SMARTS) is 1. The lowest BCUT2D eigenvalue weighted by molar-refractivity contribution is -0.192. The standard InChI is InChI=1S/C42H58N12O10S2.C2HF3O2/c43-33(56)15-14-28-37(60)53-31(41(64)54-18-5-9-32(54)40(63)51-27(8-4-17-47-42(45)46)36(59)48-22-34(44)57)23-66-65-19-16-35(58)49-29(21-25-10-12-26(55)13-11-25)38(61)52-30(39(62)50-28)20-24-6-2-1-3-7-24;3-2(4,5)1(6)7/h1-3,6-7,10-13,27-32,55H,4-5,8-9,14-23H2,(H2,43,56)(H2,44,57)(H,48,59)(H,49,58)(H,50,62)(H,51,63)(H,52,61)(H,53,60)(H4,45,46,47);(H,6,7)/t27-,28+,29+,30+,31+,32+;/m1./s1. The summed E-state index contributed by atoms with van der Waals surface area (Å²) in [7, 11) is 2.37. The number of phenols is 1. The number of carbonyl (C=O) groups excluding carboxylic acids is 9. The second-order valence-electron chi connectivity index (χ2n) is 16.4. The maximum atomic E-state index is 14.5. The van der Waals surface area contributed by atoms with Crippen molar-refractivity contribution in [3.05, 3.63) is 65.7 Å². The highest BCUT2D eigenvalue weighted by Crippen LogP contribution is 2.26. The summed E-state index contributed by atoms with van der Waals surface area (Å²) in [6.45, 7) is -0.240. The molecule has 0 radical (unpaired) electrons. The molecular weight excluding hydrogens is 1010 g/mol. The van der Waals surface area contributed by atoms with Gasteiger partial charge >= 0.3 is 12.1 Å². The van der Waals surface area contributed by atoms with Crippen LogP contribution < -0.4 is 54.8 Å². The van der Waals surface area contributed by atoms with Gasteiger partial charge in [0.2, 0.25) is 53.2 Å². The van der Waals surface area contributed by atoms with Crippen LogP contribution in [0.1, 0.15) is 56.1 Å². The van der Waals surface area contributed by atoms with Crippen LogP contribution in [0.5, 0.6) is 5.75 Å². The molecular formula is C44H59F3N12O12S2. The van der Waals surface area contributed by atoms with Crippen LogP contribution in [-0.4, -0.2) is 154 Å². The first kappa shape index (κ1) is 60.0. The Morgan fingerprint density at radius 3 is 1.99 bits per heavy atom. The average molecular weight is 1070 g/mol. The molecule has 400 valence electrons. The molecule has 2 aliphatic rings. The largest absolute Gasteiger partial charge is 0.508 e. The lowest BCUT2D eigenvalue weighted by Crippen LogP contribution is -2.60. The van der Waals surface area contributed by atoms with Gasteiger partial charge in [-0.05, 0) is 55.4 Å². The fraction of sp³-hybridized carbons (Fsp3) is 0.477. The molecule has 2 fully saturated rings. The second-order valence-corrected chi connectivity index (χ2v) is 19.0. The Hall–Kier alpha value is -7.30. The summed E-state index contributed by atoms with van der Waals surface area (Å²) >= 11 is 0. The number of halogens is 3. The fourth-order valence-corrected chi connectivity index (χ4v) is 9.25. The SMILES string of the molecule is NC(=O)CC[C@@H]1NC(=O)[C@H](Cc2ccccc2)NC(=O)[C@H](Cc2ccc(O)cc2)NC(=O)CCSSC[C@@H](C(=O)N2CCC[C@H]2C(=O)N[C@H](CCCN=C(N)N)C(=O)NCC(N)=O)NC1=O.O=C(O)C(F)(F)F. The number of rotatable bonds is 17. The molecule has 0 saturated carbocycles. The minimum atomic E-state index is -5.08. The van der Waals surface area contributed by atoms with Gasteiger partial charge < -0.3 is 69.9 Å². The number of primary amides is 2. The van der Waals surface area contributed by atoms with Gasteiger partial charge in [0.05, 0.1) is 6.54 Å². The number of carboxylic acids is 1. The van der Waals surface area contributed by atoms with Gasteiger partial charge in [0, 0.05) is 50.3 Å². The van der Waals surface area contributed by atoms with E-state index >= 15 is 0 Å². The number of nitrogens with zero attached hydrogens (tertiary/aromatic N) is 2. The molecule has 0 bridgehead atoms. The van der Waals surface area contributed by atoms with Gasteiger partial charge in [-0.2, -0.15) is 13.2 Å². The minimum absolute atomic E-state index is 0.00197. The number of hydrogen-bond donors (Lipinski definition) is 12. The van der Waals surface area contributed by atoms with Crippen LogP contribution in [-0.2, 0) is 60.8 Å². The van der Waals surface area contributed by atoms with Crippen LogP contribution in [0.4, 0.5) is 13.2 Å². The van der Waals surface area contributed by atoms with Gasteiger partial charge in [0.15, 0.2) is 5.96 Å². The molecule has 73 heavy (non-hydrogen) atoms. The van der Waals surface area contributed by atoms with E-state index in [0.29, 0.717) is 17.5 Å². The van der Waals surface area contributed by atoms with E-state index in [0.717, 1.165) is 10.8 Å². The number of phenolic OH excluding ortho intramolecular Hbond substituents is 1. The smallest absolute Gasteiger partial charge is 0.490 e. The summed E-state index contributed by atoms with van der Waals surface area (Å²) < 4.78 is 31.7. The number of likely N-dealkylation sites (tertiary alicyclic amines) is 1. The quantitative estimate of drug-likeness (QED) is 0.0351. The summed E-state index contributed by atoms with van der Waals surface area (Å²) in [5.41, 5.74) is 22.7. The first-order valence-corrected chi connectivity index (χ1v) is 25.0. The average Bonchev–Trinajstić information content (AvgIpc) is 3.83. The summed E-state index contributed by atoms with van der Waals surface area (Å²) in [6, 6.07) is 7.35. The predicted octanol–water partition coefficient (Wildman–Crippen LogP) is -2.07. The van der Waals surface area contributed by atoms with Crippen LogP contribution in [0.3, 0.4) is 0 Å². The third kappa shape index (κ3) is 21.9. The lowest BCUT2D eigenvalue weighted by atomic mass is 10.0. The fourth-order valence-electron chi connectivity index (χ4n) is 7.10. The Balaban J connectivity index is 0.00000187. The molecule has 29 heteroatoms. The number of amides is 9. The molecule has 4 rings (SSSR count). The number of carbonyl (C=O) groups is 10. The highest BCUT2D eigenvalue weighted by molar-refractivity contribution is 8.76. The third-order valence-electron chi connectivity index (χ3n) is 10.7. The maximum absolute atomic E-state index is 14.5. The number of aromatic hydroxyl groups is 1. The van der Waals surface area contributed by atoms with Crippen molar-refractivity contribution in [1.29, 1.82) is 0 Å². The summed E-state index contributed by atoms with van der Waals surface area (Å²) in [5, 5.41) is 32.8. The molecule has 0 aliphatic carbocycles. The van der Waals surface area contributed by atoms with E-state index in [2.05, 4.69) is 36.9 Å². The number of alkyl halides is 3. The first-order valence-electron chi connectivity index (χ1n) is 22.5. The number of nitrogens with two attached hydrogens (primary N) is 4. The van der Waals surface area contributed by atoms with Gasteiger partial charge in [0.25, 0.3) is 0 Å². The molecule has 24 nitrogen and oxygen atoms in total. The molecule has 0 aromatic heterocycles. The van der Waals surface area contributed by atoms with Crippen LogP contribution in [0.15, 0.2) is 59.6 Å². The van der Waals surface area contributed by atoms with Crippen molar-refractivity contribution in [2.24, 2.45) is 27.9 Å². The van der Waals surface area contributed by atoms with Crippen molar-refractivity contribution in [2.75, 3.05) is 31.1 Å². The zero-order valence-corrected chi connectivity index (χ0v) is 40.8. The molecule has 9 amide bonds. The van der Waals surface area contributed by atoms with Gasteiger partial charge in [-0.1, -0.05) is 64.1 Å². The highest BCUT2D eigenvalue weighted by atomic mass is 33.1. The topological polar surface area (TPSA) is 403 Å². The van der Waals surface area contributed by atoms with E-state index in [4.69, 9.17) is 32.8 Å². The Morgan fingerprint density at radius 1 is 0.808 bits per heavy atom. The van der Waals surface area contributed by atoms with E-state index in [1.807, 2.05) is 0 Å². The highest BCUT2D eigenvalue weighted by Gasteiger charge is 2.41. The minimum Gasteiger partial charge on any atom is -0.508 e. The normalized spacial score (nSPS) is 20.4. The van der Waals surface area contributed by atoms with E-state index < -0.39 is 108 Å². The Bertz CT molecular complexity index is 2300. The van der Waals surface area contributed by atoms with Gasteiger partial charge in [-0.25, -0.2) is 4.79 Å². The van der Waals surface area contributed by atoms with E-state index in [1.54, 1.807) is 42.5 Å². The van der Waals surface area contributed by atoms with Crippen molar-refractivity contribution in [3.63, 3.8) is 0 Å². The Labute approximate surface area is 424 Å². The third-order valence-corrected chi connectivity index (χ3v) is 13.1. The maximum Gasteiger partial charge on any atom is 0.490 e. The molecule has 6 atom stereocenters. The number of aliphatic carboxylic acids is 1. The molecule has 0 spiro atoms. The molecule has 2 aromatic rings. The number of aliphatic imine (C=N–C) groups is 1. The second kappa shape index (κ2) is 29.9. The molecule has 2 saturated heterocycles. The zero-order chi connectivity index (χ0) is 54.3. The van der Waals surface area contributed by atoms with Crippen molar-refractivity contribution in [3.8, 4) is 5.75 Å². The van der Waals surface area contributed by atoms with Crippen molar-refractivity contribution in [2.45, 2.75) is 100 Å². The van der Waals surface area contributed by atoms with Gasteiger partial charge in [0.1, 0.15) is 42.0 Å². The Morgan fingerprint density at radius 2 is 1.40 bits per heavy atom. The molecule has 2 aliphatic heterocycles. The van der Waals surface area contributed by atoms with Crippen LogP contribution in [0.2, 0.25) is 0 Å². The molecule has 2 heterocycles. The zero-order valence-electron chi connectivity index (χ0n) is 39.2. The summed E-state index contributed by atoms with van der Waals surface area (Å²) in [4.78, 5) is 135. The number of benzene rings is 2. The van der Waals surface area contributed by atoms with Crippen molar-refractivity contribution in [1.82, 2.24) is 36.8 Å². The number of nitrogens with one attached hydrogen (secondary N) is 6. The number of guanidine groups is 1. The van der Waals surface area contributed by atoms with Crippen LogP contribution >= 0.6 is 21.6 Å². The monoisotopic (exact) mass is 1070 g/mol. The Kier molecular flexibility index (Phi) is 24.6. The predicted molar refractivity (Wildman–Crippen MR) is 260 cm³/mol. The van der Waals surface area contributed by atoms with E-state index in [1.165, 1.54) is 27.8 Å². The first-order chi connectivity index (χ1) is 34.4. The summed E-state index contributed by atoms with van der Waals surface area (Å²) in [5.74, 6) is -9.22. The molecule has 2 aromatic carbocycles.